The molecule has 0 saturated heterocycles. The molecule has 1 aromatic heterocycles. The zero-order valence-corrected chi connectivity index (χ0v) is 15.1. The van der Waals surface area contributed by atoms with Gasteiger partial charge in [0.05, 0.1) is 0 Å². The predicted molar refractivity (Wildman–Crippen MR) is 111 cm³/mol. The molecule has 0 N–H and O–H groups in total. The molecule has 2 unspecified atom stereocenters. The summed E-state index contributed by atoms with van der Waals surface area (Å²) in [6, 6.07) is 4.28. The van der Waals surface area contributed by atoms with Crippen molar-refractivity contribution in [2.75, 3.05) is 0 Å². The molecule has 1 aromatic rings. The molecule has 0 amide bonds. The van der Waals surface area contributed by atoms with Crippen LogP contribution in [0.15, 0.2) is 107 Å². The van der Waals surface area contributed by atoms with E-state index in [2.05, 4.69) is 91.4 Å². The average molecular weight is 349 g/mol. The van der Waals surface area contributed by atoms with E-state index in [9.17, 15) is 0 Å². The molecular weight excluding hydrogens is 328 g/mol. The summed E-state index contributed by atoms with van der Waals surface area (Å²) >= 11 is 3.35. The van der Waals surface area contributed by atoms with Gasteiger partial charge in [0.1, 0.15) is 0 Å². The third kappa shape index (κ3) is 4.08. The summed E-state index contributed by atoms with van der Waals surface area (Å²) in [5.41, 5.74) is 2.44. The van der Waals surface area contributed by atoms with Gasteiger partial charge in [-0.3, -0.25) is 0 Å². The molecule has 3 rings (SSSR count). The van der Waals surface area contributed by atoms with E-state index in [1.54, 1.807) is 23.1 Å². The Labute approximate surface area is 152 Å². The van der Waals surface area contributed by atoms with Crippen LogP contribution in [0.5, 0.6) is 0 Å². The maximum absolute atomic E-state index is 4.11. The summed E-state index contributed by atoms with van der Waals surface area (Å²) in [6.45, 7) is 7.86. The van der Waals surface area contributed by atoms with Crippen molar-refractivity contribution >= 4 is 28.7 Å². The maximum atomic E-state index is 4.11. The van der Waals surface area contributed by atoms with E-state index < -0.39 is 0 Å². The van der Waals surface area contributed by atoms with Crippen molar-refractivity contribution in [3.8, 4) is 0 Å². The first-order chi connectivity index (χ1) is 11.8. The highest BCUT2D eigenvalue weighted by molar-refractivity contribution is 8.06. The molecule has 2 aliphatic rings. The second-order valence-electron chi connectivity index (χ2n) is 5.57. The largest absolute Gasteiger partial charge is 0.144 e. The molecule has 120 valence electrons. The molecule has 0 fully saturated rings. The van der Waals surface area contributed by atoms with Gasteiger partial charge in [-0.25, -0.2) is 0 Å². The van der Waals surface area contributed by atoms with E-state index in [4.69, 9.17) is 0 Å². The third-order valence-electron chi connectivity index (χ3n) is 4.00. The van der Waals surface area contributed by atoms with E-state index in [0.717, 1.165) is 10.5 Å². The fourth-order valence-electron chi connectivity index (χ4n) is 2.75. The van der Waals surface area contributed by atoms with Gasteiger partial charge in [0, 0.05) is 21.6 Å². The Kier molecular flexibility index (Phi) is 5.73. The molecule has 0 aromatic carbocycles. The van der Waals surface area contributed by atoms with E-state index in [-0.39, 0.29) is 0 Å². The Bertz CT molecular complexity index is 780. The zero-order valence-electron chi connectivity index (χ0n) is 13.5. The minimum atomic E-state index is 0.383. The summed E-state index contributed by atoms with van der Waals surface area (Å²) in [5, 5.41) is 3.94. The fraction of sp³-hybridized carbons (Fsp3) is 0.0909. The normalized spacial score (nSPS) is 25.2. The van der Waals surface area contributed by atoms with Crippen molar-refractivity contribution in [2.24, 2.45) is 11.8 Å². The molecular formula is C22H20S2. The number of thiophene rings is 1. The first-order valence-electron chi connectivity index (χ1n) is 7.92. The van der Waals surface area contributed by atoms with Gasteiger partial charge >= 0.3 is 0 Å². The van der Waals surface area contributed by atoms with Crippen LogP contribution in [0.1, 0.15) is 4.88 Å². The monoisotopic (exact) mass is 348 g/mol. The van der Waals surface area contributed by atoms with E-state index in [1.807, 2.05) is 5.41 Å². The first-order valence-corrected chi connectivity index (χ1v) is 9.68. The second kappa shape index (κ2) is 8.18. The Morgan fingerprint density at radius 2 is 1.96 bits per heavy atom. The fourth-order valence-corrected chi connectivity index (χ4v) is 3.96. The van der Waals surface area contributed by atoms with Crippen LogP contribution in [-0.2, 0) is 0 Å². The smallest absolute Gasteiger partial charge is 0.0339 e. The Morgan fingerprint density at radius 1 is 1.08 bits per heavy atom. The lowest BCUT2D eigenvalue weighted by Gasteiger charge is -2.21. The van der Waals surface area contributed by atoms with E-state index >= 15 is 0 Å². The van der Waals surface area contributed by atoms with Gasteiger partial charge in [-0.1, -0.05) is 91.7 Å². The van der Waals surface area contributed by atoms with E-state index in [0.29, 0.717) is 11.8 Å². The molecule has 0 nitrogen and oxygen atoms in total. The van der Waals surface area contributed by atoms with Gasteiger partial charge in [0.15, 0.2) is 0 Å². The summed E-state index contributed by atoms with van der Waals surface area (Å²) in [7, 11) is 0. The van der Waals surface area contributed by atoms with Crippen LogP contribution in [0.2, 0.25) is 0 Å². The number of thioether (sulfide) groups is 1. The quantitative estimate of drug-likeness (QED) is 0.568. The van der Waals surface area contributed by atoms with Crippen molar-refractivity contribution in [2.45, 2.75) is 0 Å². The van der Waals surface area contributed by atoms with Crippen LogP contribution in [0.4, 0.5) is 0 Å². The molecule has 0 radical (unpaired) electrons. The number of rotatable bonds is 4. The van der Waals surface area contributed by atoms with E-state index in [1.165, 1.54) is 10.5 Å². The van der Waals surface area contributed by atoms with Crippen molar-refractivity contribution in [1.82, 2.24) is 0 Å². The van der Waals surface area contributed by atoms with Gasteiger partial charge in [-0.15, -0.1) is 11.3 Å². The lowest BCUT2D eigenvalue weighted by atomic mass is 9.84. The molecule has 1 heterocycles. The number of fused-ring (bicyclic) bond motifs is 1. The van der Waals surface area contributed by atoms with Crippen LogP contribution in [-0.4, -0.2) is 0 Å². The van der Waals surface area contributed by atoms with Crippen LogP contribution in [0.3, 0.4) is 0 Å². The van der Waals surface area contributed by atoms with Gasteiger partial charge in [0.25, 0.3) is 0 Å². The summed E-state index contributed by atoms with van der Waals surface area (Å²) in [5.74, 6) is 0.767. The first kappa shape index (κ1) is 16.8. The number of hydrogen-bond donors (Lipinski definition) is 0. The van der Waals surface area contributed by atoms with Crippen LogP contribution in [0, 0.1) is 11.8 Å². The molecule has 2 atom stereocenters. The molecule has 0 saturated carbocycles. The highest BCUT2D eigenvalue weighted by Crippen LogP contribution is 2.33. The minimum Gasteiger partial charge on any atom is -0.144 e. The topological polar surface area (TPSA) is 0 Å². The molecule has 0 spiro atoms. The molecule has 2 aliphatic carbocycles. The molecule has 0 aliphatic heterocycles. The van der Waals surface area contributed by atoms with Crippen LogP contribution >= 0.6 is 23.1 Å². The van der Waals surface area contributed by atoms with Gasteiger partial charge < -0.3 is 0 Å². The average Bonchev–Trinajstić information content (AvgIpc) is 3.13. The summed E-state index contributed by atoms with van der Waals surface area (Å²) in [6.07, 6.45) is 22.0. The van der Waals surface area contributed by atoms with Crippen molar-refractivity contribution in [3.05, 3.63) is 112 Å². The molecule has 0 bridgehead atoms. The lowest BCUT2D eigenvalue weighted by Crippen LogP contribution is -2.09. The van der Waals surface area contributed by atoms with Crippen molar-refractivity contribution in [1.29, 1.82) is 0 Å². The predicted octanol–water partition coefficient (Wildman–Crippen LogP) is 6.93. The summed E-state index contributed by atoms with van der Waals surface area (Å²) < 4.78 is 0. The lowest BCUT2D eigenvalue weighted by molar-refractivity contribution is 0.670. The number of allylic oxidation sites excluding steroid dienone is 12. The maximum Gasteiger partial charge on any atom is 0.0339 e. The van der Waals surface area contributed by atoms with Crippen molar-refractivity contribution < 1.29 is 0 Å². The molecule has 24 heavy (non-hydrogen) atoms. The highest BCUT2D eigenvalue weighted by atomic mass is 32.2. The third-order valence-corrected chi connectivity index (χ3v) is 5.60. The minimum absolute atomic E-state index is 0.383. The highest BCUT2D eigenvalue weighted by Gasteiger charge is 2.17. The van der Waals surface area contributed by atoms with Crippen LogP contribution < -0.4 is 0 Å². The Morgan fingerprint density at radius 3 is 2.75 bits per heavy atom. The van der Waals surface area contributed by atoms with Gasteiger partial charge in [-0.05, 0) is 28.0 Å². The van der Waals surface area contributed by atoms with Crippen LogP contribution in [0.25, 0.3) is 5.57 Å². The van der Waals surface area contributed by atoms with Gasteiger partial charge in [0.2, 0.25) is 0 Å². The SMILES string of the molecule is C=CSC(=C)C1=C/C=C/C2C=CC(c3cccs3)=CC2/C=C/C=C1. The summed E-state index contributed by atoms with van der Waals surface area (Å²) in [4.78, 5) is 2.34. The van der Waals surface area contributed by atoms with Gasteiger partial charge in [-0.2, -0.15) is 0 Å². The zero-order chi connectivity index (χ0) is 16.8. The number of hydrogen-bond acceptors (Lipinski definition) is 2. The van der Waals surface area contributed by atoms with Crippen molar-refractivity contribution in [3.63, 3.8) is 0 Å². The Balaban J connectivity index is 1.84. The Hall–Kier alpha value is -2.03. The molecule has 2 heteroatoms. The second-order valence-corrected chi connectivity index (χ2v) is 7.58. The standard InChI is InChI=1S/C22H20S2/c1-3-23-17(2)18-8-4-5-9-20-16-21(22-12-7-15-24-22)14-13-19(20)11-6-10-18/h3-16,19-20H,1-2H2/b8-4?,9-5+,11-6+,18-10?.